The highest BCUT2D eigenvalue weighted by molar-refractivity contribution is 6.30. The van der Waals surface area contributed by atoms with E-state index in [1.165, 1.54) is 22.9 Å². The first kappa shape index (κ1) is 17.2. The molecule has 0 saturated heterocycles. The Morgan fingerprint density at radius 2 is 2.14 bits per heavy atom. The van der Waals surface area contributed by atoms with Crippen LogP contribution in [0.4, 0.5) is 0 Å². The van der Waals surface area contributed by atoms with Crippen molar-refractivity contribution in [3.05, 3.63) is 33.7 Å². The second-order valence-corrected chi connectivity index (χ2v) is 5.17. The van der Waals surface area contributed by atoms with Crippen LogP contribution >= 0.6 is 11.6 Å². The molecule has 0 aliphatic heterocycles. The van der Waals surface area contributed by atoms with Crippen LogP contribution in [0.15, 0.2) is 23.1 Å². The molecular weight excluding hydrogens is 296 g/mol. The van der Waals surface area contributed by atoms with Crippen molar-refractivity contribution in [1.29, 1.82) is 0 Å². The Labute approximate surface area is 127 Å². The molecular formula is C14H19ClN2O4. The second kappa shape index (κ2) is 8.46. The number of carbonyl (C=O) groups excluding carboxylic acids is 1. The van der Waals surface area contributed by atoms with Crippen LogP contribution in [0.5, 0.6) is 0 Å². The summed E-state index contributed by atoms with van der Waals surface area (Å²) in [4.78, 5) is 34.1. The summed E-state index contributed by atoms with van der Waals surface area (Å²) in [7, 11) is 0. The van der Waals surface area contributed by atoms with Gasteiger partial charge in [-0.05, 0) is 18.9 Å². The lowest BCUT2D eigenvalue weighted by atomic mass is 10.1. The van der Waals surface area contributed by atoms with Gasteiger partial charge in [-0.25, -0.2) is 4.79 Å². The molecule has 0 fully saturated rings. The molecule has 0 radical (unpaired) electrons. The van der Waals surface area contributed by atoms with E-state index in [4.69, 9.17) is 16.7 Å². The molecule has 1 atom stereocenters. The van der Waals surface area contributed by atoms with Crippen molar-refractivity contribution in [1.82, 2.24) is 9.88 Å². The number of carboxylic acid groups (broad SMARTS) is 1. The van der Waals surface area contributed by atoms with E-state index >= 15 is 0 Å². The van der Waals surface area contributed by atoms with Crippen LogP contribution in [0.1, 0.15) is 32.6 Å². The van der Waals surface area contributed by atoms with Gasteiger partial charge in [0.1, 0.15) is 6.04 Å². The number of carboxylic acids is 1. The van der Waals surface area contributed by atoms with E-state index in [0.29, 0.717) is 30.8 Å². The predicted octanol–water partition coefficient (Wildman–Crippen LogP) is 1.65. The van der Waals surface area contributed by atoms with Crippen LogP contribution in [-0.4, -0.2) is 27.6 Å². The molecule has 1 rings (SSSR count). The van der Waals surface area contributed by atoms with Crippen molar-refractivity contribution >= 4 is 23.5 Å². The molecule has 0 aromatic carbocycles. The SMILES string of the molecule is CCCC(NC(=O)CCCn1cc(Cl)ccc1=O)C(=O)O. The molecule has 116 valence electrons. The smallest absolute Gasteiger partial charge is 0.326 e. The fourth-order valence-electron chi connectivity index (χ4n) is 1.90. The highest BCUT2D eigenvalue weighted by Crippen LogP contribution is 2.04. The van der Waals surface area contributed by atoms with E-state index in [0.717, 1.165) is 0 Å². The quantitative estimate of drug-likeness (QED) is 0.763. The standard InChI is InChI=1S/C14H19ClN2O4/c1-2-4-11(14(20)21)16-12(18)5-3-8-17-9-10(15)6-7-13(17)19/h6-7,9,11H,2-5,8H2,1H3,(H,16,18)(H,20,21). The lowest BCUT2D eigenvalue weighted by molar-refractivity contribution is -0.142. The van der Waals surface area contributed by atoms with Crippen molar-refractivity contribution in [2.75, 3.05) is 0 Å². The highest BCUT2D eigenvalue weighted by atomic mass is 35.5. The van der Waals surface area contributed by atoms with Gasteiger partial charge in [-0.15, -0.1) is 0 Å². The van der Waals surface area contributed by atoms with Gasteiger partial charge in [-0.1, -0.05) is 24.9 Å². The van der Waals surface area contributed by atoms with Crippen molar-refractivity contribution in [2.24, 2.45) is 0 Å². The second-order valence-electron chi connectivity index (χ2n) is 4.73. The average Bonchev–Trinajstić information content (AvgIpc) is 2.42. The van der Waals surface area contributed by atoms with E-state index in [1.54, 1.807) is 0 Å². The largest absolute Gasteiger partial charge is 0.480 e. The monoisotopic (exact) mass is 314 g/mol. The number of nitrogens with one attached hydrogen (secondary N) is 1. The van der Waals surface area contributed by atoms with Crippen LogP contribution in [0, 0.1) is 0 Å². The predicted molar refractivity (Wildman–Crippen MR) is 79.4 cm³/mol. The Kier molecular flexibility index (Phi) is 6.94. The molecule has 0 aliphatic rings. The molecule has 1 heterocycles. The summed E-state index contributed by atoms with van der Waals surface area (Å²) in [5.41, 5.74) is -0.186. The van der Waals surface area contributed by atoms with Crippen LogP contribution in [0.25, 0.3) is 0 Å². The van der Waals surface area contributed by atoms with Crippen LogP contribution in [0.2, 0.25) is 5.02 Å². The number of aryl methyl sites for hydroxylation is 1. The normalized spacial score (nSPS) is 11.9. The van der Waals surface area contributed by atoms with Crippen LogP contribution < -0.4 is 10.9 Å². The first-order valence-corrected chi connectivity index (χ1v) is 7.20. The summed E-state index contributed by atoms with van der Waals surface area (Å²) in [6, 6.07) is 2.02. The number of hydrogen-bond donors (Lipinski definition) is 2. The number of halogens is 1. The minimum absolute atomic E-state index is 0.159. The first-order valence-electron chi connectivity index (χ1n) is 6.82. The molecule has 2 N–H and O–H groups in total. The Balaban J connectivity index is 2.44. The average molecular weight is 315 g/mol. The topological polar surface area (TPSA) is 88.4 Å². The third kappa shape index (κ3) is 5.99. The summed E-state index contributed by atoms with van der Waals surface area (Å²) in [5.74, 6) is -1.36. The molecule has 1 amide bonds. The summed E-state index contributed by atoms with van der Waals surface area (Å²) in [6.07, 6.45) is 3.18. The molecule has 0 spiro atoms. The van der Waals surface area contributed by atoms with Gasteiger partial charge in [0.2, 0.25) is 5.91 Å². The number of carbonyl (C=O) groups is 2. The maximum absolute atomic E-state index is 11.7. The number of nitrogens with zero attached hydrogens (tertiary/aromatic N) is 1. The molecule has 0 bridgehead atoms. The lowest BCUT2D eigenvalue weighted by Crippen LogP contribution is -2.40. The van der Waals surface area contributed by atoms with Gasteiger partial charge in [-0.3, -0.25) is 9.59 Å². The maximum atomic E-state index is 11.7. The van der Waals surface area contributed by atoms with Gasteiger partial charge in [-0.2, -0.15) is 0 Å². The van der Waals surface area contributed by atoms with E-state index in [2.05, 4.69) is 5.32 Å². The van der Waals surface area contributed by atoms with E-state index < -0.39 is 12.0 Å². The van der Waals surface area contributed by atoms with E-state index in [1.807, 2.05) is 6.92 Å². The minimum atomic E-state index is -1.03. The third-order valence-corrected chi connectivity index (χ3v) is 3.18. The van der Waals surface area contributed by atoms with Gasteiger partial charge in [0, 0.05) is 25.2 Å². The Hall–Kier alpha value is -1.82. The number of rotatable bonds is 8. The van der Waals surface area contributed by atoms with E-state index in [9.17, 15) is 14.4 Å². The van der Waals surface area contributed by atoms with Crippen molar-refractivity contribution in [3.63, 3.8) is 0 Å². The number of pyridine rings is 1. The number of amides is 1. The van der Waals surface area contributed by atoms with Crippen LogP contribution in [-0.2, 0) is 16.1 Å². The van der Waals surface area contributed by atoms with Gasteiger partial charge in [0.15, 0.2) is 0 Å². The molecule has 0 aliphatic carbocycles. The molecule has 21 heavy (non-hydrogen) atoms. The van der Waals surface area contributed by atoms with Crippen molar-refractivity contribution in [3.8, 4) is 0 Å². The summed E-state index contributed by atoms with van der Waals surface area (Å²) >= 11 is 5.79. The van der Waals surface area contributed by atoms with Gasteiger partial charge in [0.05, 0.1) is 5.02 Å². The zero-order chi connectivity index (χ0) is 15.8. The fraction of sp³-hybridized carbons (Fsp3) is 0.500. The summed E-state index contributed by atoms with van der Waals surface area (Å²) in [5, 5.41) is 11.9. The van der Waals surface area contributed by atoms with Crippen LogP contribution in [0.3, 0.4) is 0 Å². The minimum Gasteiger partial charge on any atom is -0.480 e. The van der Waals surface area contributed by atoms with Gasteiger partial charge < -0.3 is 15.0 Å². The van der Waals surface area contributed by atoms with Gasteiger partial charge >= 0.3 is 5.97 Å². The Bertz CT molecular complexity index is 556. The van der Waals surface area contributed by atoms with Crippen molar-refractivity contribution < 1.29 is 14.7 Å². The molecule has 6 nitrogen and oxygen atoms in total. The van der Waals surface area contributed by atoms with E-state index in [-0.39, 0.29) is 17.9 Å². The number of aliphatic carboxylic acids is 1. The Morgan fingerprint density at radius 1 is 1.43 bits per heavy atom. The lowest BCUT2D eigenvalue weighted by Gasteiger charge is -2.13. The highest BCUT2D eigenvalue weighted by Gasteiger charge is 2.18. The molecule has 0 saturated carbocycles. The third-order valence-electron chi connectivity index (χ3n) is 2.96. The number of hydrogen-bond acceptors (Lipinski definition) is 3. The zero-order valence-electron chi connectivity index (χ0n) is 11.8. The fourth-order valence-corrected chi connectivity index (χ4v) is 2.08. The number of aromatic nitrogens is 1. The molecule has 1 aromatic rings. The first-order chi connectivity index (χ1) is 9.93. The molecule has 1 unspecified atom stereocenters. The molecule has 7 heteroatoms. The zero-order valence-corrected chi connectivity index (χ0v) is 12.6. The molecule has 1 aromatic heterocycles. The van der Waals surface area contributed by atoms with Crippen molar-refractivity contribution in [2.45, 2.75) is 45.2 Å². The Morgan fingerprint density at radius 3 is 2.76 bits per heavy atom. The summed E-state index contributed by atoms with van der Waals surface area (Å²) in [6.45, 7) is 2.21. The summed E-state index contributed by atoms with van der Waals surface area (Å²) < 4.78 is 1.43. The van der Waals surface area contributed by atoms with Gasteiger partial charge in [0.25, 0.3) is 5.56 Å². The maximum Gasteiger partial charge on any atom is 0.326 e.